The third-order valence-electron chi connectivity index (χ3n) is 4.16. The molecule has 0 radical (unpaired) electrons. The molecule has 1 aromatic carbocycles. The van der Waals surface area contributed by atoms with Crippen LogP contribution in [0.2, 0.25) is 0 Å². The summed E-state index contributed by atoms with van der Waals surface area (Å²) in [4.78, 5) is 6.72. The van der Waals surface area contributed by atoms with Gasteiger partial charge in [0, 0.05) is 42.1 Å². The summed E-state index contributed by atoms with van der Waals surface area (Å²) in [6.07, 6.45) is 7.90. The van der Waals surface area contributed by atoms with Crippen LogP contribution in [-0.4, -0.2) is 27.0 Å². The molecule has 1 fully saturated rings. The standard InChI is InChI=1S/C17H15N5S/c18-10-13-9-15(3-4-16(13)21-6-1-2-7-21)22-8-5-19-17(22)14-11-20-23-12-14/h3-5,8-9,11-12H,1-2,6-7H2. The molecule has 0 atom stereocenters. The van der Waals surface area contributed by atoms with E-state index in [0.717, 1.165) is 35.9 Å². The molecule has 1 saturated heterocycles. The van der Waals surface area contributed by atoms with Crippen LogP contribution in [0.25, 0.3) is 17.1 Å². The van der Waals surface area contributed by atoms with Gasteiger partial charge in [-0.25, -0.2) is 9.36 Å². The number of nitriles is 1. The van der Waals surface area contributed by atoms with Crippen molar-refractivity contribution < 1.29 is 0 Å². The summed E-state index contributed by atoms with van der Waals surface area (Å²) in [5.74, 6) is 0.844. The quantitative estimate of drug-likeness (QED) is 0.741. The second-order valence-electron chi connectivity index (χ2n) is 5.54. The lowest BCUT2D eigenvalue weighted by Gasteiger charge is -2.19. The molecule has 2 aromatic heterocycles. The van der Waals surface area contributed by atoms with E-state index in [0.29, 0.717) is 5.56 Å². The Morgan fingerprint density at radius 3 is 2.83 bits per heavy atom. The number of hydrogen-bond donors (Lipinski definition) is 0. The van der Waals surface area contributed by atoms with Gasteiger partial charge in [0.1, 0.15) is 11.9 Å². The molecule has 0 aliphatic carbocycles. The molecule has 5 nitrogen and oxygen atoms in total. The summed E-state index contributed by atoms with van der Waals surface area (Å²) in [6, 6.07) is 8.39. The van der Waals surface area contributed by atoms with Gasteiger partial charge >= 0.3 is 0 Å². The maximum absolute atomic E-state index is 9.54. The zero-order chi connectivity index (χ0) is 15.6. The van der Waals surface area contributed by atoms with Crippen LogP contribution in [0.3, 0.4) is 0 Å². The Bertz CT molecular complexity index is 853. The second kappa shape index (κ2) is 5.86. The van der Waals surface area contributed by atoms with Gasteiger partial charge in [-0.15, -0.1) is 0 Å². The van der Waals surface area contributed by atoms with Gasteiger partial charge in [-0.2, -0.15) is 5.26 Å². The van der Waals surface area contributed by atoms with Gasteiger partial charge in [-0.3, -0.25) is 4.57 Å². The average Bonchev–Trinajstić information content (AvgIpc) is 3.35. The Morgan fingerprint density at radius 1 is 1.22 bits per heavy atom. The molecule has 1 aliphatic rings. The van der Waals surface area contributed by atoms with E-state index in [9.17, 15) is 5.26 Å². The normalized spacial score (nSPS) is 14.1. The molecular weight excluding hydrogens is 306 g/mol. The van der Waals surface area contributed by atoms with Gasteiger partial charge in [-0.1, -0.05) is 0 Å². The van der Waals surface area contributed by atoms with Crippen molar-refractivity contribution in [2.24, 2.45) is 0 Å². The summed E-state index contributed by atoms with van der Waals surface area (Å²) in [5, 5.41) is 11.5. The van der Waals surface area contributed by atoms with Gasteiger partial charge in [0.15, 0.2) is 0 Å². The molecule has 0 unspecified atom stereocenters. The van der Waals surface area contributed by atoms with Crippen molar-refractivity contribution in [1.29, 1.82) is 5.26 Å². The number of aromatic nitrogens is 3. The molecule has 3 heterocycles. The van der Waals surface area contributed by atoms with E-state index in [4.69, 9.17) is 0 Å². The highest BCUT2D eigenvalue weighted by molar-refractivity contribution is 7.03. The van der Waals surface area contributed by atoms with Crippen LogP contribution in [0, 0.1) is 11.3 Å². The smallest absolute Gasteiger partial charge is 0.146 e. The first kappa shape index (κ1) is 14.0. The molecule has 1 aliphatic heterocycles. The van der Waals surface area contributed by atoms with Crippen molar-refractivity contribution in [3.8, 4) is 23.1 Å². The number of hydrogen-bond acceptors (Lipinski definition) is 5. The minimum absolute atomic E-state index is 0.715. The third-order valence-corrected chi connectivity index (χ3v) is 4.74. The molecule has 0 saturated carbocycles. The first-order valence-electron chi connectivity index (χ1n) is 7.59. The Kier molecular flexibility index (Phi) is 3.56. The van der Waals surface area contributed by atoms with Gasteiger partial charge in [0.05, 0.1) is 17.4 Å². The van der Waals surface area contributed by atoms with Crippen molar-refractivity contribution in [2.75, 3.05) is 18.0 Å². The highest BCUT2D eigenvalue weighted by Crippen LogP contribution is 2.28. The first-order valence-corrected chi connectivity index (χ1v) is 8.43. The lowest BCUT2D eigenvalue weighted by Crippen LogP contribution is -2.18. The lowest BCUT2D eigenvalue weighted by atomic mass is 10.1. The zero-order valence-electron chi connectivity index (χ0n) is 12.5. The Balaban J connectivity index is 1.76. The Labute approximate surface area is 138 Å². The maximum Gasteiger partial charge on any atom is 0.146 e. The molecule has 6 heteroatoms. The Morgan fingerprint density at radius 2 is 2.09 bits per heavy atom. The van der Waals surface area contributed by atoms with Crippen LogP contribution in [-0.2, 0) is 0 Å². The fourth-order valence-corrected chi connectivity index (χ4v) is 3.55. The van der Waals surface area contributed by atoms with E-state index >= 15 is 0 Å². The van der Waals surface area contributed by atoms with Crippen LogP contribution in [0.5, 0.6) is 0 Å². The second-order valence-corrected chi connectivity index (χ2v) is 6.20. The van der Waals surface area contributed by atoms with Crippen molar-refractivity contribution in [3.63, 3.8) is 0 Å². The summed E-state index contributed by atoms with van der Waals surface area (Å²) >= 11 is 1.41. The van der Waals surface area contributed by atoms with E-state index in [1.807, 2.05) is 28.4 Å². The maximum atomic E-state index is 9.54. The number of anilines is 1. The number of imidazole rings is 1. The van der Waals surface area contributed by atoms with Crippen LogP contribution >= 0.6 is 11.5 Å². The largest absolute Gasteiger partial charge is 0.370 e. The van der Waals surface area contributed by atoms with Crippen molar-refractivity contribution in [1.82, 2.24) is 13.9 Å². The SMILES string of the molecule is N#Cc1cc(-n2ccnc2-c2cnsc2)ccc1N1CCCC1. The molecule has 0 bridgehead atoms. The topological polar surface area (TPSA) is 57.7 Å². The highest BCUT2D eigenvalue weighted by Gasteiger charge is 2.17. The summed E-state index contributed by atoms with van der Waals surface area (Å²) in [7, 11) is 0. The molecule has 0 amide bonds. The minimum atomic E-state index is 0.715. The number of benzene rings is 1. The predicted octanol–water partition coefficient (Wildman–Crippen LogP) is 3.47. The van der Waals surface area contributed by atoms with Crippen LogP contribution in [0.1, 0.15) is 18.4 Å². The summed E-state index contributed by atoms with van der Waals surface area (Å²) in [6.45, 7) is 2.07. The lowest BCUT2D eigenvalue weighted by molar-refractivity contribution is 0.949. The van der Waals surface area contributed by atoms with E-state index in [1.165, 1.54) is 24.4 Å². The van der Waals surface area contributed by atoms with Crippen LogP contribution in [0.15, 0.2) is 42.2 Å². The van der Waals surface area contributed by atoms with Crippen LogP contribution in [0.4, 0.5) is 5.69 Å². The molecule has 0 spiro atoms. The van der Waals surface area contributed by atoms with Crippen molar-refractivity contribution in [3.05, 3.63) is 47.7 Å². The highest BCUT2D eigenvalue weighted by atomic mass is 32.1. The third kappa shape index (κ3) is 2.49. The average molecular weight is 321 g/mol. The van der Waals surface area contributed by atoms with E-state index in [2.05, 4.69) is 32.5 Å². The minimum Gasteiger partial charge on any atom is -0.370 e. The summed E-state index contributed by atoms with van der Waals surface area (Å²) < 4.78 is 6.14. The van der Waals surface area contributed by atoms with Gasteiger partial charge in [0.2, 0.25) is 0 Å². The van der Waals surface area contributed by atoms with Crippen molar-refractivity contribution in [2.45, 2.75) is 12.8 Å². The van der Waals surface area contributed by atoms with Crippen molar-refractivity contribution >= 4 is 17.2 Å². The predicted molar refractivity (Wildman–Crippen MR) is 90.8 cm³/mol. The van der Waals surface area contributed by atoms with E-state index in [-0.39, 0.29) is 0 Å². The van der Waals surface area contributed by atoms with E-state index in [1.54, 1.807) is 6.20 Å². The number of rotatable bonds is 3. The van der Waals surface area contributed by atoms with Crippen LogP contribution < -0.4 is 4.90 Å². The molecule has 23 heavy (non-hydrogen) atoms. The number of nitrogens with zero attached hydrogens (tertiary/aromatic N) is 5. The zero-order valence-corrected chi connectivity index (χ0v) is 13.3. The molecule has 3 aromatic rings. The van der Waals surface area contributed by atoms with Gasteiger partial charge < -0.3 is 4.90 Å². The molecule has 4 rings (SSSR count). The van der Waals surface area contributed by atoms with Gasteiger partial charge in [-0.05, 0) is 42.6 Å². The van der Waals surface area contributed by atoms with Gasteiger partial charge in [0.25, 0.3) is 0 Å². The fraction of sp³-hybridized carbons (Fsp3) is 0.235. The monoisotopic (exact) mass is 321 g/mol. The molecule has 114 valence electrons. The first-order chi connectivity index (χ1) is 11.4. The summed E-state index contributed by atoms with van der Waals surface area (Å²) in [5.41, 5.74) is 3.69. The Hall–Kier alpha value is -2.65. The fourth-order valence-electron chi connectivity index (χ4n) is 3.04. The molecule has 0 N–H and O–H groups in total. The van der Waals surface area contributed by atoms with E-state index < -0.39 is 0 Å². The molecular formula is C17H15N5S.